The molecule has 25 heavy (non-hydrogen) atoms. The van der Waals surface area contributed by atoms with Gasteiger partial charge >= 0.3 is 5.97 Å². The molecule has 8 nitrogen and oxygen atoms in total. The number of H-pyrrole nitrogens is 1. The number of aromatic nitrogens is 2. The summed E-state index contributed by atoms with van der Waals surface area (Å²) >= 11 is 0. The minimum Gasteiger partial charge on any atom is -0.481 e. The Hall–Kier alpha value is -3.55. The summed E-state index contributed by atoms with van der Waals surface area (Å²) in [5.74, 6) is 0.0897. The van der Waals surface area contributed by atoms with Crippen LogP contribution in [0.1, 0.15) is 16.8 Å². The predicted molar refractivity (Wildman–Crippen MR) is 91.6 cm³/mol. The van der Waals surface area contributed by atoms with E-state index in [2.05, 4.69) is 15.3 Å². The van der Waals surface area contributed by atoms with Gasteiger partial charge in [-0.05, 0) is 36.4 Å². The van der Waals surface area contributed by atoms with Gasteiger partial charge < -0.3 is 25.9 Å². The van der Waals surface area contributed by atoms with Crippen molar-refractivity contribution < 1.29 is 19.4 Å². The number of nitrogen functional groups attached to an aromatic ring is 1. The Morgan fingerprint density at radius 2 is 1.96 bits per heavy atom. The van der Waals surface area contributed by atoms with Crippen LogP contribution in [0.25, 0.3) is 11.0 Å². The maximum absolute atomic E-state index is 11.9. The van der Waals surface area contributed by atoms with Gasteiger partial charge in [-0.3, -0.25) is 9.59 Å². The van der Waals surface area contributed by atoms with Crippen molar-refractivity contribution in [3.8, 4) is 11.5 Å². The highest BCUT2D eigenvalue weighted by Crippen LogP contribution is 2.29. The van der Waals surface area contributed by atoms with Crippen LogP contribution in [-0.2, 0) is 4.79 Å². The number of ether oxygens (including phenoxy) is 1. The molecule has 8 heteroatoms. The van der Waals surface area contributed by atoms with Gasteiger partial charge in [0.05, 0.1) is 11.9 Å². The third-order valence-corrected chi connectivity index (χ3v) is 3.46. The van der Waals surface area contributed by atoms with Crippen LogP contribution >= 0.6 is 0 Å². The van der Waals surface area contributed by atoms with Crippen molar-refractivity contribution >= 4 is 28.9 Å². The van der Waals surface area contributed by atoms with Crippen LogP contribution in [-0.4, -0.2) is 33.5 Å². The summed E-state index contributed by atoms with van der Waals surface area (Å²) in [6.07, 6.45) is -0.121. The number of hydrogen-bond donors (Lipinski definition) is 4. The maximum Gasteiger partial charge on any atom is 0.305 e. The zero-order valence-corrected chi connectivity index (χ0v) is 13.2. The SMILES string of the molecule is Nc1nc2c(Oc3ccc(C(=O)NCCC(=O)O)cc3)cccc2[nH]1. The predicted octanol–water partition coefficient (Wildman–Crippen LogP) is 2.14. The molecular weight excluding hydrogens is 324 g/mol. The first-order valence-corrected chi connectivity index (χ1v) is 7.55. The molecule has 0 radical (unpaired) electrons. The van der Waals surface area contributed by atoms with Gasteiger partial charge in [0.25, 0.3) is 5.91 Å². The minimum atomic E-state index is -0.961. The number of benzene rings is 2. The van der Waals surface area contributed by atoms with Crippen molar-refractivity contribution in [2.75, 3.05) is 12.3 Å². The van der Waals surface area contributed by atoms with Crippen LogP contribution < -0.4 is 15.8 Å². The highest BCUT2D eigenvalue weighted by Gasteiger charge is 2.09. The fraction of sp³-hybridized carbons (Fsp3) is 0.118. The molecule has 1 heterocycles. The lowest BCUT2D eigenvalue weighted by Gasteiger charge is -2.08. The maximum atomic E-state index is 11.9. The summed E-state index contributed by atoms with van der Waals surface area (Å²) in [4.78, 5) is 29.5. The van der Waals surface area contributed by atoms with Gasteiger partial charge in [0, 0.05) is 12.1 Å². The van der Waals surface area contributed by atoms with E-state index in [1.54, 1.807) is 30.3 Å². The van der Waals surface area contributed by atoms with Gasteiger partial charge in [0.15, 0.2) is 11.7 Å². The van der Waals surface area contributed by atoms with Crippen molar-refractivity contribution in [2.24, 2.45) is 0 Å². The van der Waals surface area contributed by atoms with Crippen LogP contribution in [0.4, 0.5) is 5.95 Å². The molecule has 0 fully saturated rings. The standard InChI is InChI=1S/C17H16N4O4/c18-17-20-12-2-1-3-13(15(12)21-17)25-11-6-4-10(5-7-11)16(24)19-9-8-14(22)23/h1-7H,8-9H2,(H,19,24)(H,22,23)(H3,18,20,21). The number of nitrogens with one attached hydrogen (secondary N) is 2. The van der Waals surface area contributed by atoms with Crippen molar-refractivity contribution in [1.82, 2.24) is 15.3 Å². The highest BCUT2D eigenvalue weighted by molar-refractivity contribution is 5.94. The molecule has 2 aromatic carbocycles. The first-order valence-electron chi connectivity index (χ1n) is 7.55. The Bertz CT molecular complexity index is 918. The van der Waals surface area contributed by atoms with Crippen LogP contribution in [0, 0.1) is 0 Å². The van der Waals surface area contributed by atoms with E-state index in [9.17, 15) is 9.59 Å². The number of imidazole rings is 1. The van der Waals surface area contributed by atoms with Crippen molar-refractivity contribution in [2.45, 2.75) is 6.42 Å². The van der Waals surface area contributed by atoms with Gasteiger partial charge in [-0.15, -0.1) is 0 Å². The number of nitrogens with zero attached hydrogens (tertiary/aromatic N) is 1. The second kappa shape index (κ2) is 6.91. The Kier molecular flexibility index (Phi) is 4.51. The van der Waals surface area contributed by atoms with Crippen molar-refractivity contribution in [3.05, 3.63) is 48.0 Å². The number of rotatable bonds is 6. The van der Waals surface area contributed by atoms with Crippen molar-refractivity contribution in [3.63, 3.8) is 0 Å². The lowest BCUT2D eigenvalue weighted by atomic mass is 10.2. The van der Waals surface area contributed by atoms with Crippen LogP contribution in [0.3, 0.4) is 0 Å². The summed E-state index contributed by atoms with van der Waals surface area (Å²) in [7, 11) is 0. The molecular formula is C17H16N4O4. The van der Waals surface area contributed by atoms with E-state index in [1.807, 2.05) is 12.1 Å². The molecule has 0 unspecified atom stereocenters. The summed E-state index contributed by atoms with van der Waals surface area (Å²) in [5, 5.41) is 11.1. The largest absolute Gasteiger partial charge is 0.481 e. The summed E-state index contributed by atoms with van der Waals surface area (Å²) in [6, 6.07) is 11.9. The van der Waals surface area contributed by atoms with Crippen LogP contribution in [0.15, 0.2) is 42.5 Å². The topological polar surface area (TPSA) is 130 Å². The second-order valence-corrected chi connectivity index (χ2v) is 5.30. The molecule has 128 valence electrons. The average Bonchev–Trinajstić information content (AvgIpc) is 2.96. The molecule has 0 atom stereocenters. The van der Waals surface area contributed by atoms with E-state index in [0.717, 1.165) is 5.52 Å². The zero-order chi connectivity index (χ0) is 17.8. The molecule has 0 aliphatic heterocycles. The number of carboxylic acid groups (broad SMARTS) is 1. The number of aromatic amines is 1. The van der Waals surface area contributed by atoms with Crippen molar-refractivity contribution in [1.29, 1.82) is 0 Å². The molecule has 3 aromatic rings. The summed E-state index contributed by atoms with van der Waals surface area (Å²) < 4.78 is 5.80. The molecule has 0 saturated heterocycles. The van der Waals surface area contributed by atoms with E-state index in [0.29, 0.717) is 28.5 Å². The number of nitrogens with two attached hydrogens (primary N) is 1. The van der Waals surface area contributed by atoms with E-state index in [1.165, 1.54) is 0 Å². The monoisotopic (exact) mass is 340 g/mol. The van der Waals surface area contributed by atoms with E-state index >= 15 is 0 Å². The molecule has 0 bridgehead atoms. The van der Waals surface area contributed by atoms with Crippen LogP contribution in [0.2, 0.25) is 0 Å². The average molecular weight is 340 g/mol. The molecule has 0 spiro atoms. The van der Waals surface area contributed by atoms with E-state index in [4.69, 9.17) is 15.6 Å². The Balaban J connectivity index is 1.70. The lowest BCUT2D eigenvalue weighted by Crippen LogP contribution is -2.25. The molecule has 0 aliphatic rings. The molecule has 5 N–H and O–H groups in total. The smallest absolute Gasteiger partial charge is 0.305 e. The van der Waals surface area contributed by atoms with Crippen LogP contribution in [0.5, 0.6) is 11.5 Å². The molecule has 0 aliphatic carbocycles. The number of amides is 1. The molecule has 0 saturated carbocycles. The first kappa shape index (κ1) is 16.3. The fourth-order valence-electron chi connectivity index (χ4n) is 2.29. The Morgan fingerprint density at radius 3 is 2.68 bits per heavy atom. The number of para-hydroxylation sites is 1. The van der Waals surface area contributed by atoms with Gasteiger partial charge in [0.2, 0.25) is 0 Å². The van der Waals surface area contributed by atoms with Gasteiger partial charge in [-0.1, -0.05) is 6.07 Å². The second-order valence-electron chi connectivity index (χ2n) is 5.30. The number of fused-ring (bicyclic) bond motifs is 1. The van der Waals surface area contributed by atoms with Gasteiger partial charge in [0.1, 0.15) is 11.3 Å². The number of carbonyl (C=O) groups excluding carboxylic acids is 1. The van der Waals surface area contributed by atoms with E-state index < -0.39 is 5.97 Å². The van der Waals surface area contributed by atoms with Gasteiger partial charge in [-0.2, -0.15) is 0 Å². The molecule has 1 aromatic heterocycles. The third-order valence-electron chi connectivity index (χ3n) is 3.46. The van der Waals surface area contributed by atoms with Gasteiger partial charge in [-0.25, -0.2) is 4.98 Å². The lowest BCUT2D eigenvalue weighted by molar-refractivity contribution is -0.136. The molecule has 3 rings (SSSR count). The zero-order valence-electron chi connectivity index (χ0n) is 13.2. The number of carboxylic acids is 1. The minimum absolute atomic E-state index is 0.0784. The number of anilines is 1. The molecule has 1 amide bonds. The normalized spacial score (nSPS) is 10.6. The Morgan fingerprint density at radius 1 is 1.20 bits per heavy atom. The Labute approximate surface area is 142 Å². The highest BCUT2D eigenvalue weighted by atomic mass is 16.5. The number of hydrogen-bond acceptors (Lipinski definition) is 5. The fourth-order valence-corrected chi connectivity index (χ4v) is 2.29. The number of carbonyl (C=O) groups is 2. The summed E-state index contributed by atoms with van der Waals surface area (Å²) in [5.41, 5.74) is 7.47. The summed E-state index contributed by atoms with van der Waals surface area (Å²) in [6.45, 7) is 0.0784. The van der Waals surface area contributed by atoms with E-state index in [-0.39, 0.29) is 18.9 Å². The first-order chi connectivity index (χ1) is 12.0. The number of aliphatic carboxylic acids is 1. The third kappa shape index (κ3) is 3.86. The quantitative estimate of drug-likeness (QED) is 0.544.